The van der Waals surface area contributed by atoms with Gasteiger partial charge in [-0.15, -0.1) is 0 Å². The topological polar surface area (TPSA) is 119 Å². The number of aliphatic hydroxyl groups is 1. The van der Waals surface area contributed by atoms with Gasteiger partial charge in [0.15, 0.2) is 0 Å². The second-order valence-electron chi connectivity index (χ2n) is 5.59. The second kappa shape index (κ2) is 6.79. The number of non-ortho nitro benzene ring substituents is 1. The number of hydrogen-bond donors (Lipinski definition) is 2. The van der Waals surface area contributed by atoms with E-state index in [0.717, 1.165) is 23.8 Å². The van der Waals surface area contributed by atoms with Crippen LogP contribution >= 0.6 is 0 Å². The third-order valence-corrected chi connectivity index (χ3v) is 5.32. The van der Waals surface area contributed by atoms with Crippen molar-refractivity contribution in [2.24, 2.45) is 0 Å². The van der Waals surface area contributed by atoms with Crippen LogP contribution in [0.2, 0.25) is 0 Å². The highest BCUT2D eigenvalue weighted by molar-refractivity contribution is 7.89. The molecule has 1 aliphatic heterocycles. The molecule has 1 aliphatic rings. The molecule has 0 aromatic heterocycles. The number of nitro benzene ring substituents is 1. The SMILES string of the molecule is O=[N+]([O-])c1cccc(S(=O)(=O)NCC(O)c2ccc3c(c2)CCO3)c1. The minimum absolute atomic E-state index is 0.226. The van der Waals surface area contributed by atoms with Gasteiger partial charge in [-0.2, -0.15) is 0 Å². The number of nitrogens with one attached hydrogen (secondary N) is 1. The maximum Gasteiger partial charge on any atom is 0.270 e. The number of hydrogen-bond acceptors (Lipinski definition) is 6. The van der Waals surface area contributed by atoms with Crippen molar-refractivity contribution >= 4 is 15.7 Å². The molecule has 2 aromatic rings. The predicted molar refractivity (Wildman–Crippen MR) is 88.9 cm³/mol. The van der Waals surface area contributed by atoms with Crippen LogP contribution in [0.25, 0.3) is 0 Å². The van der Waals surface area contributed by atoms with Gasteiger partial charge in [0.05, 0.1) is 22.5 Å². The van der Waals surface area contributed by atoms with Crippen molar-refractivity contribution in [1.29, 1.82) is 0 Å². The lowest BCUT2D eigenvalue weighted by molar-refractivity contribution is -0.385. The Morgan fingerprint density at radius 3 is 2.84 bits per heavy atom. The maximum absolute atomic E-state index is 12.3. The molecule has 1 unspecified atom stereocenters. The molecule has 1 heterocycles. The van der Waals surface area contributed by atoms with Crippen LogP contribution in [0.15, 0.2) is 47.4 Å². The smallest absolute Gasteiger partial charge is 0.270 e. The maximum atomic E-state index is 12.3. The van der Waals surface area contributed by atoms with E-state index >= 15 is 0 Å². The van der Waals surface area contributed by atoms with E-state index in [2.05, 4.69) is 4.72 Å². The molecule has 0 fully saturated rings. The van der Waals surface area contributed by atoms with Gasteiger partial charge < -0.3 is 9.84 Å². The Labute approximate surface area is 144 Å². The second-order valence-corrected chi connectivity index (χ2v) is 7.35. The number of sulfonamides is 1. The van der Waals surface area contributed by atoms with Gasteiger partial charge in [-0.1, -0.05) is 12.1 Å². The van der Waals surface area contributed by atoms with Crippen molar-refractivity contribution in [2.45, 2.75) is 17.4 Å². The molecule has 132 valence electrons. The molecule has 3 rings (SSSR count). The number of rotatable bonds is 6. The van der Waals surface area contributed by atoms with Gasteiger partial charge in [-0.05, 0) is 29.3 Å². The average molecular weight is 364 g/mol. The fourth-order valence-corrected chi connectivity index (χ4v) is 3.65. The number of aliphatic hydroxyl groups excluding tert-OH is 1. The van der Waals surface area contributed by atoms with E-state index in [9.17, 15) is 23.6 Å². The highest BCUT2D eigenvalue weighted by atomic mass is 32.2. The van der Waals surface area contributed by atoms with E-state index in [0.29, 0.717) is 12.2 Å². The number of benzene rings is 2. The number of fused-ring (bicyclic) bond motifs is 1. The van der Waals surface area contributed by atoms with E-state index < -0.39 is 21.1 Å². The first-order valence-electron chi connectivity index (χ1n) is 7.54. The summed E-state index contributed by atoms with van der Waals surface area (Å²) in [5.74, 6) is 0.771. The first kappa shape index (κ1) is 17.3. The number of ether oxygens (including phenoxy) is 1. The van der Waals surface area contributed by atoms with Crippen molar-refractivity contribution in [3.63, 3.8) is 0 Å². The fraction of sp³-hybridized carbons (Fsp3) is 0.250. The lowest BCUT2D eigenvalue weighted by Crippen LogP contribution is -2.28. The molecule has 0 spiro atoms. The zero-order valence-corrected chi connectivity index (χ0v) is 13.9. The van der Waals surface area contributed by atoms with Gasteiger partial charge in [0.25, 0.3) is 5.69 Å². The van der Waals surface area contributed by atoms with E-state index in [-0.39, 0.29) is 17.1 Å². The summed E-state index contributed by atoms with van der Waals surface area (Å²) in [6.45, 7) is 0.346. The van der Waals surface area contributed by atoms with E-state index in [4.69, 9.17) is 4.74 Å². The quantitative estimate of drug-likeness (QED) is 0.593. The number of nitro groups is 1. The van der Waals surface area contributed by atoms with E-state index in [1.54, 1.807) is 18.2 Å². The van der Waals surface area contributed by atoms with Crippen LogP contribution in [0.4, 0.5) is 5.69 Å². The van der Waals surface area contributed by atoms with Crippen molar-refractivity contribution in [3.05, 3.63) is 63.7 Å². The summed E-state index contributed by atoms with van der Waals surface area (Å²) < 4.78 is 32.2. The molecular formula is C16H16N2O6S. The van der Waals surface area contributed by atoms with Crippen LogP contribution in [-0.4, -0.2) is 31.6 Å². The third kappa shape index (κ3) is 3.78. The Kier molecular flexibility index (Phi) is 4.71. The van der Waals surface area contributed by atoms with Gasteiger partial charge in [0.1, 0.15) is 5.75 Å². The van der Waals surface area contributed by atoms with Gasteiger partial charge >= 0.3 is 0 Å². The molecule has 0 saturated carbocycles. The summed E-state index contributed by atoms with van der Waals surface area (Å²) in [6, 6.07) is 9.95. The molecule has 0 amide bonds. The molecular weight excluding hydrogens is 348 g/mol. The molecule has 0 saturated heterocycles. The van der Waals surface area contributed by atoms with Gasteiger partial charge in [0, 0.05) is 25.1 Å². The Morgan fingerprint density at radius 2 is 2.08 bits per heavy atom. The summed E-state index contributed by atoms with van der Waals surface area (Å²) >= 11 is 0. The Hall–Kier alpha value is -2.49. The first-order valence-corrected chi connectivity index (χ1v) is 9.03. The lowest BCUT2D eigenvalue weighted by Gasteiger charge is -2.13. The lowest BCUT2D eigenvalue weighted by atomic mass is 10.0. The zero-order chi connectivity index (χ0) is 18.0. The van der Waals surface area contributed by atoms with Crippen molar-refractivity contribution in [1.82, 2.24) is 4.72 Å². The Morgan fingerprint density at radius 1 is 1.28 bits per heavy atom. The molecule has 2 N–H and O–H groups in total. The van der Waals surface area contributed by atoms with E-state index in [1.807, 2.05) is 0 Å². The third-order valence-electron chi connectivity index (χ3n) is 3.90. The molecule has 0 bridgehead atoms. The molecule has 1 atom stereocenters. The number of nitrogens with zero attached hydrogens (tertiary/aromatic N) is 1. The summed E-state index contributed by atoms with van der Waals surface area (Å²) in [7, 11) is -3.97. The summed E-state index contributed by atoms with van der Waals surface area (Å²) in [6.07, 6.45) is -0.297. The standard InChI is InChI=1S/C16H16N2O6S/c19-15(11-4-5-16-12(8-11)6-7-24-16)10-17-25(22,23)14-3-1-2-13(9-14)18(20)21/h1-5,8-9,15,17,19H,6-7,10H2. The molecule has 0 aliphatic carbocycles. The van der Waals surface area contributed by atoms with Crippen LogP contribution in [-0.2, 0) is 16.4 Å². The van der Waals surface area contributed by atoms with E-state index in [1.165, 1.54) is 18.2 Å². The predicted octanol–water partition coefficient (Wildman–Crippen LogP) is 1.54. The van der Waals surface area contributed by atoms with Gasteiger partial charge in [-0.3, -0.25) is 10.1 Å². The van der Waals surface area contributed by atoms with Crippen molar-refractivity contribution < 1.29 is 23.2 Å². The molecule has 25 heavy (non-hydrogen) atoms. The summed E-state index contributed by atoms with van der Waals surface area (Å²) in [4.78, 5) is 9.87. The summed E-state index contributed by atoms with van der Waals surface area (Å²) in [5.41, 5.74) is 1.23. The first-order chi connectivity index (χ1) is 11.9. The molecule has 0 radical (unpaired) electrons. The van der Waals surface area contributed by atoms with Gasteiger partial charge in [0.2, 0.25) is 10.0 Å². The van der Waals surface area contributed by atoms with Crippen LogP contribution in [0, 0.1) is 10.1 Å². The Balaban J connectivity index is 1.71. The highest BCUT2D eigenvalue weighted by Gasteiger charge is 2.20. The van der Waals surface area contributed by atoms with Crippen LogP contribution in [0.1, 0.15) is 17.2 Å². The minimum Gasteiger partial charge on any atom is -0.493 e. The normalized spacial score (nSPS) is 14.6. The van der Waals surface area contributed by atoms with Crippen molar-refractivity contribution in [2.75, 3.05) is 13.2 Å². The fourth-order valence-electron chi connectivity index (χ4n) is 2.57. The van der Waals surface area contributed by atoms with Crippen molar-refractivity contribution in [3.8, 4) is 5.75 Å². The van der Waals surface area contributed by atoms with Crippen LogP contribution in [0.5, 0.6) is 5.75 Å². The minimum atomic E-state index is -3.97. The molecule has 9 heteroatoms. The zero-order valence-electron chi connectivity index (χ0n) is 13.1. The van der Waals surface area contributed by atoms with Gasteiger partial charge in [-0.25, -0.2) is 13.1 Å². The highest BCUT2D eigenvalue weighted by Crippen LogP contribution is 2.28. The average Bonchev–Trinajstić information content (AvgIpc) is 3.07. The monoisotopic (exact) mass is 364 g/mol. The van der Waals surface area contributed by atoms with Crippen LogP contribution < -0.4 is 9.46 Å². The largest absolute Gasteiger partial charge is 0.493 e. The Bertz CT molecular complexity index is 913. The van der Waals surface area contributed by atoms with Crippen LogP contribution in [0.3, 0.4) is 0 Å². The molecule has 8 nitrogen and oxygen atoms in total. The molecule has 2 aromatic carbocycles. The summed E-state index contributed by atoms with van der Waals surface area (Å²) in [5, 5.41) is 21.0.